The first-order valence-electron chi connectivity index (χ1n) is 6.96. The van der Waals surface area contributed by atoms with E-state index in [1.165, 1.54) is 5.56 Å². The van der Waals surface area contributed by atoms with Crippen LogP contribution in [0.15, 0.2) is 42.5 Å². The van der Waals surface area contributed by atoms with Crippen molar-refractivity contribution in [1.82, 2.24) is 0 Å². The summed E-state index contributed by atoms with van der Waals surface area (Å²) in [7, 11) is 0. The predicted molar refractivity (Wildman–Crippen MR) is 79.1 cm³/mol. The number of halogens is 2. The molecule has 1 atom stereocenters. The van der Waals surface area contributed by atoms with E-state index >= 15 is 0 Å². The van der Waals surface area contributed by atoms with Crippen molar-refractivity contribution in [3.05, 3.63) is 65.2 Å². The number of nitrogens with two attached hydrogens (primary N) is 1. The Labute approximate surface area is 123 Å². The summed E-state index contributed by atoms with van der Waals surface area (Å²) in [6, 6.07) is 11.1. The maximum Gasteiger partial charge on any atom is 0.130 e. The smallest absolute Gasteiger partial charge is 0.130 e. The summed E-state index contributed by atoms with van der Waals surface area (Å²) < 4.78 is 32.0. The summed E-state index contributed by atoms with van der Waals surface area (Å²) in [6.45, 7) is 1.98. The van der Waals surface area contributed by atoms with Crippen LogP contribution in [0.4, 0.5) is 8.78 Å². The van der Waals surface area contributed by atoms with E-state index < -0.39 is 11.6 Å². The number of hydrogen-bond acceptors (Lipinski definition) is 2. The van der Waals surface area contributed by atoms with Crippen molar-refractivity contribution in [3.8, 4) is 5.75 Å². The molecule has 0 heterocycles. The largest absolute Gasteiger partial charge is 0.489 e. The van der Waals surface area contributed by atoms with Gasteiger partial charge in [-0.2, -0.15) is 0 Å². The van der Waals surface area contributed by atoms with Gasteiger partial charge in [0.05, 0.1) is 0 Å². The lowest BCUT2D eigenvalue weighted by Gasteiger charge is -2.09. The molecule has 21 heavy (non-hydrogen) atoms. The second-order valence-corrected chi connectivity index (χ2v) is 5.18. The predicted octanol–water partition coefficient (Wildman–Crippen LogP) is 3.82. The van der Waals surface area contributed by atoms with Gasteiger partial charge in [0.15, 0.2) is 0 Å². The lowest BCUT2D eigenvalue weighted by atomic mass is 10.1. The van der Waals surface area contributed by atoms with Gasteiger partial charge in [-0.25, -0.2) is 8.78 Å². The first-order chi connectivity index (χ1) is 10.0. The zero-order valence-electron chi connectivity index (χ0n) is 12.0. The molecule has 0 saturated carbocycles. The molecule has 0 fully saturated rings. The van der Waals surface area contributed by atoms with Crippen LogP contribution < -0.4 is 10.5 Å². The Morgan fingerprint density at radius 1 is 1.10 bits per heavy atom. The summed E-state index contributed by atoms with van der Waals surface area (Å²) in [4.78, 5) is 0. The first kappa shape index (κ1) is 15.4. The minimum absolute atomic E-state index is 0.00275. The highest BCUT2D eigenvalue weighted by molar-refractivity contribution is 5.28. The van der Waals surface area contributed by atoms with Crippen LogP contribution in [-0.2, 0) is 13.0 Å². The van der Waals surface area contributed by atoms with Crippen LogP contribution in [0.2, 0.25) is 0 Å². The zero-order chi connectivity index (χ0) is 15.2. The Bertz CT molecular complexity index is 582. The van der Waals surface area contributed by atoms with Crippen molar-refractivity contribution in [1.29, 1.82) is 0 Å². The van der Waals surface area contributed by atoms with Crippen molar-refractivity contribution < 1.29 is 13.5 Å². The lowest BCUT2D eigenvalue weighted by Crippen LogP contribution is -2.15. The molecule has 0 aliphatic carbocycles. The van der Waals surface area contributed by atoms with Crippen LogP contribution in [0, 0.1) is 11.6 Å². The van der Waals surface area contributed by atoms with Crippen LogP contribution in [-0.4, -0.2) is 6.04 Å². The minimum Gasteiger partial charge on any atom is -0.489 e. The fraction of sp³-hybridized carbons (Fsp3) is 0.294. The molecule has 4 heteroatoms. The van der Waals surface area contributed by atoms with Gasteiger partial charge in [-0.3, -0.25) is 0 Å². The van der Waals surface area contributed by atoms with E-state index in [1.54, 1.807) is 0 Å². The zero-order valence-corrected chi connectivity index (χ0v) is 12.0. The van der Waals surface area contributed by atoms with E-state index in [2.05, 4.69) is 0 Å². The van der Waals surface area contributed by atoms with Crippen molar-refractivity contribution in [2.75, 3.05) is 0 Å². The standard InChI is InChI=1S/C17H19F2NO/c1-12(20)2-3-13-4-7-16(8-5-13)21-11-14-10-15(18)6-9-17(14)19/h4-10,12H,2-3,11,20H2,1H3. The third kappa shape index (κ3) is 4.83. The fourth-order valence-corrected chi connectivity index (χ4v) is 1.96. The second kappa shape index (κ2) is 7.18. The Kier molecular flexibility index (Phi) is 5.28. The molecule has 0 bridgehead atoms. The number of ether oxygens (including phenoxy) is 1. The van der Waals surface area contributed by atoms with Gasteiger partial charge in [-0.05, 0) is 55.7 Å². The summed E-state index contributed by atoms with van der Waals surface area (Å²) in [6.07, 6.45) is 1.84. The van der Waals surface area contributed by atoms with Gasteiger partial charge in [0.25, 0.3) is 0 Å². The molecule has 2 aromatic rings. The van der Waals surface area contributed by atoms with E-state index in [-0.39, 0.29) is 18.2 Å². The molecule has 0 aliphatic rings. The maximum atomic E-state index is 13.5. The average molecular weight is 291 g/mol. The second-order valence-electron chi connectivity index (χ2n) is 5.18. The van der Waals surface area contributed by atoms with Crippen molar-refractivity contribution in [3.63, 3.8) is 0 Å². The van der Waals surface area contributed by atoms with Gasteiger partial charge >= 0.3 is 0 Å². The van der Waals surface area contributed by atoms with Gasteiger partial charge in [-0.15, -0.1) is 0 Å². The molecule has 0 spiro atoms. The first-order valence-corrected chi connectivity index (χ1v) is 6.96. The van der Waals surface area contributed by atoms with E-state index in [4.69, 9.17) is 10.5 Å². The molecular weight excluding hydrogens is 272 g/mol. The Balaban J connectivity index is 1.93. The summed E-state index contributed by atoms with van der Waals surface area (Å²) >= 11 is 0. The van der Waals surface area contributed by atoms with Crippen LogP contribution in [0.5, 0.6) is 5.75 Å². The Morgan fingerprint density at radius 2 is 1.81 bits per heavy atom. The van der Waals surface area contributed by atoms with E-state index in [0.29, 0.717) is 5.75 Å². The SMILES string of the molecule is CC(N)CCc1ccc(OCc2cc(F)ccc2F)cc1. The molecule has 2 nitrogen and oxygen atoms in total. The quantitative estimate of drug-likeness (QED) is 0.878. The van der Waals surface area contributed by atoms with E-state index in [1.807, 2.05) is 31.2 Å². The maximum absolute atomic E-state index is 13.5. The van der Waals surface area contributed by atoms with Gasteiger partial charge in [0.2, 0.25) is 0 Å². The topological polar surface area (TPSA) is 35.2 Å². The molecule has 0 saturated heterocycles. The third-order valence-electron chi connectivity index (χ3n) is 3.21. The van der Waals surface area contributed by atoms with E-state index in [9.17, 15) is 8.78 Å². The lowest BCUT2D eigenvalue weighted by molar-refractivity contribution is 0.299. The number of benzene rings is 2. The van der Waals surface area contributed by atoms with Crippen LogP contribution in [0.3, 0.4) is 0 Å². The van der Waals surface area contributed by atoms with Gasteiger partial charge in [0.1, 0.15) is 24.0 Å². The highest BCUT2D eigenvalue weighted by Gasteiger charge is 2.05. The van der Waals surface area contributed by atoms with Gasteiger partial charge in [0, 0.05) is 11.6 Å². The summed E-state index contributed by atoms with van der Waals surface area (Å²) in [5, 5.41) is 0. The molecule has 0 aromatic heterocycles. The number of hydrogen-bond donors (Lipinski definition) is 1. The average Bonchev–Trinajstić information content (AvgIpc) is 2.47. The summed E-state index contributed by atoms with van der Waals surface area (Å²) in [5.41, 5.74) is 7.10. The van der Waals surface area contributed by atoms with Crippen LogP contribution >= 0.6 is 0 Å². The van der Waals surface area contributed by atoms with Crippen LogP contribution in [0.25, 0.3) is 0 Å². The molecule has 1 unspecified atom stereocenters. The van der Waals surface area contributed by atoms with Crippen molar-refractivity contribution in [2.45, 2.75) is 32.4 Å². The monoisotopic (exact) mass is 291 g/mol. The van der Waals surface area contributed by atoms with Crippen LogP contribution in [0.1, 0.15) is 24.5 Å². The van der Waals surface area contributed by atoms with Crippen molar-refractivity contribution >= 4 is 0 Å². The Hall–Kier alpha value is -1.94. The highest BCUT2D eigenvalue weighted by atomic mass is 19.1. The molecule has 0 amide bonds. The fourth-order valence-electron chi connectivity index (χ4n) is 1.96. The molecule has 0 aliphatic heterocycles. The third-order valence-corrected chi connectivity index (χ3v) is 3.21. The molecule has 112 valence electrons. The van der Waals surface area contributed by atoms with Crippen molar-refractivity contribution in [2.24, 2.45) is 5.73 Å². The molecule has 2 rings (SSSR count). The van der Waals surface area contributed by atoms with Gasteiger partial charge in [-0.1, -0.05) is 12.1 Å². The normalized spacial score (nSPS) is 12.2. The molecule has 2 N–H and O–H groups in total. The number of rotatable bonds is 6. The number of aryl methyl sites for hydroxylation is 1. The molecule has 2 aromatic carbocycles. The molecular formula is C17H19F2NO. The molecule has 0 radical (unpaired) electrons. The summed E-state index contributed by atoms with van der Waals surface area (Å²) in [5.74, 6) is -0.311. The minimum atomic E-state index is -0.471. The van der Waals surface area contributed by atoms with E-state index in [0.717, 1.165) is 31.0 Å². The van der Waals surface area contributed by atoms with Gasteiger partial charge < -0.3 is 10.5 Å². The highest BCUT2D eigenvalue weighted by Crippen LogP contribution is 2.17. The Morgan fingerprint density at radius 3 is 2.48 bits per heavy atom.